The maximum atomic E-state index is 12.4. The number of rotatable bonds is 0. The van der Waals surface area contributed by atoms with Gasteiger partial charge in [0.1, 0.15) is 0 Å². The van der Waals surface area contributed by atoms with Crippen molar-refractivity contribution in [1.82, 2.24) is 13.9 Å². The molecule has 4 aliphatic carbocycles. The molecule has 4 saturated carbocycles. The Kier molecular flexibility index (Phi) is 0.873. The van der Waals surface area contributed by atoms with E-state index in [1.165, 1.54) is 4.57 Å². The molecule has 6 heteroatoms. The minimum absolute atomic E-state index is 0.123. The molecule has 2 spiro atoms. The molecule has 1 aromatic rings. The van der Waals surface area contributed by atoms with E-state index in [2.05, 4.69) is 0 Å². The van der Waals surface area contributed by atoms with Crippen LogP contribution in [0.2, 0.25) is 0 Å². The maximum Gasteiger partial charge on any atom is 0.347 e. The van der Waals surface area contributed by atoms with Crippen LogP contribution in [0.3, 0.4) is 0 Å². The Balaban J connectivity index is 1.69. The van der Waals surface area contributed by atoms with Crippen LogP contribution < -0.4 is 11.4 Å². The highest BCUT2D eigenvalue weighted by Crippen LogP contribution is 3.03. The Morgan fingerprint density at radius 3 is 1.95 bits per heavy atom. The van der Waals surface area contributed by atoms with Crippen LogP contribution in [-0.4, -0.2) is 27.1 Å². The molecule has 0 radical (unpaired) electrons. The van der Waals surface area contributed by atoms with E-state index >= 15 is 0 Å². The molecular formula is C13H13N3O3. The molecule has 0 amide bonds. The number of nitrogens with zero attached hydrogens (tertiary/aromatic N) is 3. The molecule has 0 N–H and O–H groups in total. The summed E-state index contributed by atoms with van der Waals surface area (Å²) in [5.41, 5.74) is 0.197. The summed E-state index contributed by atoms with van der Waals surface area (Å²) in [6, 6.07) is 0.503. The molecule has 1 aromatic heterocycles. The third kappa shape index (κ3) is 0.429. The molecular weight excluding hydrogens is 246 g/mol. The lowest BCUT2D eigenvalue weighted by atomic mass is 9.06. The normalized spacial score (nSPS) is 63.2. The fourth-order valence-corrected chi connectivity index (χ4v) is 7.74. The van der Waals surface area contributed by atoms with Crippen molar-refractivity contribution in [3.8, 4) is 0 Å². The van der Waals surface area contributed by atoms with E-state index in [9.17, 15) is 9.59 Å². The maximum absolute atomic E-state index is 12.4. The Hall–Kier alpha value is -1.30. The molecule has 6 nitrogen and oxygen atoms in total. The van der Waals surface area contributed by atoms with Gasteiger partial charge in [0.15, 0.2) is 0 Å². The lowest BCUT2D eigenvalue weighted by Gasteiger charge is -2.99. The largest absolute Gasteiger partial charge is 0.380 e. The van der Waals surface area contributed by atoms with Crippen LogP contribution in [0, 0.1) is 34.5 Å². The van der Waals surface area contributed by atoms with Crippen molar-refractivity contribution in [2.45, 2.75) is 12.1 Å². The van der Waals surface area contributed by atoms with E-state index in [1.807, 2.05) is 0 Å². The summed E-state index contributed by atoms with van der Waals surface area (Å²) >= 11 is 0. The summed E-state index contributed by atoms with van der Waals surface area (Å²) in [5.74, 6) is 2.94. The molecule has 8 atom stereocenters. The van der Waals surface area contributed by atoms with E-state index in [0.717, 1.165) is 25.0 Å². The van der Waals surface area contributed by atoms with Gasteiger partial charge in [-0.05, 0) is 23.7 Å². The van der Waals surface area contributed by atoms with Crippen molar-refractivity contribution < 1.29 is 4.74 Å². The second kappa shape index (κ2) is 1.89. The van der Waals surface area contributed by atoms with Gasteiger partial charge in [-0.2, -0.15) is 0 Å². The van der Waals surface area contributed by atoms with Crippen LogP contribution in [0.25, 0.3) is 0 Å². The van der Waals surface area contributed by atoms with Gasteiger partial charge in [-0.1, -0.05) is 0 Å². The first kappa shape index (κ1) is 8.79. The molecule has 0 unspecified atom stereocenters. The van der Waals surface area contributed by atoms with Crippen molar-refractivity contribution in [2.24, 2.45) is 41.5 Å². The van der Waals surface area contributed by atoms with E-state index in [-0.39, 0.29) is 34.3 Å². The molecule has 5 fully saturated rings. The predicted octanol–water partition coefficient (Wildman–Crippen LogP) is -1.03. The number of hydrogen-bond acceptors (Lipinski definition) is 3. The zero-order valence-corrected chi connectivity index (χ0v) is 10.4. The smallest absolute Gasteiger partial charge is 0.347 e. The highest BCUT2D eigenvalue weighted by Gasteiger charge is 3.04. The molecule has 0 aromatic carbocycles. The van der Waals surface area contributed by atoms with Crippen molar-refractivity contribution in [3.05, 3.63) is 21.0 Å². The van der Waals surface area contributed by atoms with E-state index in [0.29, 0.717) is 11.8 Å². The highest BCUT2D eigenvalue weighted by atomic mass is 16.5. The minimum atomic E-state index is -0.123. The van der Waals surface area contributed by atoms with E-state index in [1.54, 1.807) is 16.4 Å². The van der Waals surface area contributed by atoms with Gasteiger partial charge >= 0.3 is 11.4 Å². The van der Waals surface area contributed by atoms with Gasteiger partial charge in [0.05, 0.1) is 25.3 Å². The fraction of sp³-hybridized carbons (Fsp3) is 0.846. The van der Waals surface area contributed by atoms with Crippen LogP contribution in [0.1, 0.15) is 12.1 Å². The number of ether oxygens (including phenoxy) is 1. The van der Waals surface area contributed by atoms with E-state index in [4.69, 9.17) is 4.74 Å². The fourth-order valence-electron chi connectivity index (χ4n) is 7.74. The highest BCUT2D eigenvalue weighted by molar-refractivity contribution is 5.49. The van der Waals surface area contributed by atoms with Gasteiger partial charge in [0, 0.05) is 17.9 Å². The minimum Gasteiger partial charge on any atom is -0.380 e. The predicted molar refractivity (Wildman–Crippen MR) is 61.7 cm³/mol. The molecule has 1 saturated heterocycles. The van der Waals surface area contributed by atoms with Crippen LogP contribution in [0.15, 0.2) is 9.59 Å². The van der Waals surface area contributed by atoms with Crippen LogP contribution in [0.5, 0.6) is 0 Å². The number of aromatic nitrogens is 3. The monoisotopic (exact) mass is 259 g/mol. The molecule has 8 rings (SSSR count). The van der Waals surface area contributed by atoms with Crippen LogP contribution in [0.4, 0.5) is 0 Å². The van der Waals surface area contributed by atoms with Crippen LogP contribution >= 0.6 is 0 Å². The number of hydrogen-bond donors (Lipinski definition) is 0. The van der Waals surface area contributed by atoms with Gasteiger partial charge in [0.25, 0.3) is 0 Å². The van der Waals surface area contributed by atoms with Gasteiger partial charge in [-0.25, -0.2) is 23.5 Å². The zero-order valence-electron chi connectivity index (χ0n) is 10.4. The summed E-state index contributed by atoms with van der Waals surface area (Å²) < 4.78 is 10.7. The molecule has 3 aliphatic heterocycles. The Morgan fingerprint density at radius 1 is 1.00 bits per heavy atom. The third-order valence-corrected chi connectivity index (χ3v) is 7.91. The quantitative estimate of drug-likeness (QED) is 0.598. The Bertz CT molecular complexity index is 768. The molecule has 2 bridgehead atoms. The second-order valence-corrected chi connectivity index (χ2v) is 7.48. The van der Waals surface area contributed by atoms with Crippen molar-refractivity contribution in [1.29, 1.82) is 0 Å². The zero-order chi connectivity index (χ0) is 12.5. The second-order valence-electron chi connectivity index (χ2n) is 7.48. The lowest BCUT2D eigenvalue weighted by Crippen LogP contribution is -3.00. The van der Waals surface area contributed by atoms with Crippen molar-refractivity contribution in [2.75, 3.05) is 13.2 Å². The average Bonchev–Trinajstić information content (AvgIpc) is 2.87. The first-order valence-electron chi connectivity index (χ1n) is 7.16. The topological polar surface area (TPSA) is 58.2 Å². The van der Waals surface area contributed by atoms with Crippen LogP contribution in [-0.2, 0) is 11.8 Å². The SMILES string of the molecule is Cn1c(=O)n2n(c1=O)[C@@H]1[C@H]3[C@H]4[C@@H]5[C@H]3[C@]13COC[C@@]53[C@H]42. The summed E-state index contributed by atoms with van der Waals surface area (Å²) in [5, 5.41) is 0. The van der Waals surface area contributed by atoms with Gasteiger partial charge < -0.3 is 4.74 Å². The van der Waals surface area contributed by atoms with Gasteiger partial charge in [0.2, 0.25) is 0 Å². The lowest BCUT2D eigenvalue weighted by molar-refractivity contribution is -0.533. The van der Waals surface area contributed by atoms with E-state index < -0.39 is 0 Å². The first-order valence-corrected chi connectivity index (χ1v) is 7.16. The molecule has 7 aliphatic rings. The summed E-state index contributed by atoms with van der Waals surface area (Å²) in [6.45, 7) is 1.63. The standard InChI is InChI=1S/C13H13N3O3/c1-14-10(17)15-8-4-5-7-6(4)12(8)2-19-3-13(7,12)9(5)16(15)11(14)18/h4-9H,2-3H2,1H3/t4-,5-,6-,7+,8+,9-,12+,13-/m0/s1. The molecule has 98 valence electrons. The summed E-state index contributed by atoms with van der Waals surface area (Å²) in [4.78, 5) is 24.7. The van der Waals surface area contributed by atoms with Gasteiger partial charge in [-0.15, -0.1) is 0 Å². The van der Waals surface area contributed by atoms with Crippen molar-refractivity contribution in [3.63, 3.8) is 0 Å². The summed E-state index contributed by atoms with van der Waals surface area (Å²) in [6.07, 6.45) is 0. The Morgan fingerprint density at radius 2 is 1.47 bits per heavy atom. The average molecular weight is 259 g/mol. The molecule has 4 heterocycles. The molecule has 19 heavy (non-hydrogen) atoms. The summed E-state index contributed by atoms with van der Waals surface area (Å²) in [7, 11) is 1.61. The van der Waals surface area contributed by atoms with Crippen molar-refractivity contribution >= 4 is 0 Å². The third-order valence-electron chi connectivity index (χ3n) is 7.91. The van der Waals surface area contributed by atoms with Gasteiger partial charge in [-0.3, -0.25) is 0 Å². The first-order chi connectivity index (χ1) is 9.18. The Labute approximate surface area is 107 Å².